The van der Waals surface area contributed by atoms with E-state index in [1.807, 2.05) is 0 Å². The van der Waals surface area contributed by atoms with Gasteiger partial charge in [0.05, 0.1) is 0 Å². The van der Waals surface area contributed by atoms with Crippen LogP contribution in [0.5, 0.6) is 0 Å². The molecule has 0 fully saturated rings. The minimum atomic E-state index is -6.22. The van der Waals surface area contributed by atoms with Crippen LogP contribution < -0.4 is 0 Å². The Kier molecular flexibility index (Phi) is 14.7. The second-order valence-corrected chi connectivity index (χ2v) is 10.1. The lowest BCUT2D eigenvalue weighted by Gasteiger charge is -2.38. The van der Waals surface area contributed by atoms with E-state index in [1.165, 1.54) is 13.8 Å². The highest BCUT2D eigenvalue weighted by atomic mass is 19.4. The summed E-state index contributed by atoms with van der Waals surface area (Å²) in [6.07, 6.45) is -28.4. The fourth-order valence-corrected chi connectivity index (χ4v) is 4.35. The maximum absolute atomic E-state index is 13.8. The number of ether oxygens (including phenoxy) is 2. The molecule has 0 heterocycles. The van der Waals surface area contributed by atoms with Gasteiger partial charge < -0.3 is 9.47 Å². The number of alkyl halides is 12. The van der Waals surface area contributed by atoms with Crippen molar-refractivity contribution in [2.45, 2.75) is 128 Å². The van der Waals surface area contributed by atoms with Crippen LogP contribution in [-0.4, -0.2) is 47.8 Å². The summed E-state index contributed by atoms with van der Waals surface area (Å²) in [5.74, 6) is -7.42. The Bertz CT molecular complexity index is 774. The molecule has 0 aromatic heterocycles. The van der Waals surface area contributed by atoms with Gasteiger partial charge in [-0.3, -0.25) is 0 Å². The summed E-state index contributed by atoms with van der Waals surface area (Å²) in [5.41, 5.74) is -10.1. The van der Waals surface area contributed by atoms with Crippen molar-refractivity contribution in [2.24, 2.45) is 11.8 Å². The van der Waals surface area contributed by atoms with Gasteiger partial charge in [-0.05, 0) is 11.8 Å². The molecule has 2 atom stereocenters. The van der Waals surface area contributed by atoms with Gasteiger partial charge in [-0.2, -0.15) is 52.7 Å². The van der Waals surface area contributed by atoms with Crippen LogP contribution in [0.15, 0.2) is 12.2 Å². The number of hydrogen-bond donors (Lipinski definition) is 0. The molecule has 0 aliphatic carbocycles. The van der Waals surface area contributed by atoms with Crippen molar-refractivity contribution in [2.75, 3.05) is 0 Å². The van der Waals surface area contributed by atoms with Gasteiger partial charge in [0.2, 0.25) is 0 Å². The fraction of sp³-hybridized carbons (Fsp3) is 0.846. The third-order valence-electron chi connectivity index (χ3n) is 6.98. The minimum absolute atomic E-state index is 0.0887. The molecule has 0 radical (unpaired) electrons. The average Bonchev–Trinajstić information content (AvgIpc) is 2.83. The third-order valence-corrected chi connectivity index (χ3v) is 6.98. The van der Waals surface area contributed by atoms with Crippen molar-refractivity contribution >= 4 is 11.9 Å². The number of unbranched alkanes of at least 4 members (excludes halogenated alkanes) is 2. The number of esters is 2. The summed E-state index contributed by atoms with van der Waals surface area (Å²) >= 11 is 0. The van der Waals surface area contributed by atoms with Crippen LogP contribution in [0.4, 0.5) is 52.7 Å². The molecule has 0 aliphatic rings. The SMILES string of the molecule is CCCCC(CC)CC(OC(=O)/C=C/C(=O)OC(CC(CC)CCCC)(C(F)(F)F)C(F)(F)F)(C(F)(F)F)C(F)(F)F. The number of rotatable bonds is 16. The molecule has 0 saturated carbocycles. The van der Waals surface area contributed by atoms with Gasteiger partial charge in [0.1, 0.15) is 0 Å². The quantitative estimate of drug-likeness (QED) is 0.0958. The summed E-state index contributed by atoms with van der Waals surface area (Å²) in [6, 6.07) is 0. The standard InChI is InChI=1S/C26H36F12O4/c1-5-9-11-17(7-3)15-21(23(27,28)29,24(30,31)32)41-19(39)13-14-20(40)42-22(25(33,34)35,26(36,37)38)16-18(8-4)12-10-6-2/h13-14,17-18H,5-12,15-16H2,1-4H3/b14-13+. The van der Waals surface area contributed by atoms with E-state index in [0.717, 1.165) is 0 Å². The van der Waals surface area contributed by atoms with Crippen LogP contribution in [0.3, 0.4) is 0 Å². The Morgan fingerprint density at radius 1 is 0.548 bits per heavy atom. The Morgan fingerprint density at radius 3 is 1.00 bits per heavy atom. The molecule has 2 unspecified atom stereocenters. The van der Waals surface area contributed by atoms with E-state index < -0.39 is 84.7 Å². The lowest BCUT2D eigenvalue weighted by atomic mass is 9.84. The zero-order valence-electron chi connectivity index (χ0n) is 23.5. The minimum Gasteiger partial charge on any atom is -0.436 e. The highest BCUT2D eigenvalue weighted by Crippen LogP contribution is 2.52. The molecule has 42 heavy (non-hydrogen) atoms. The number of carbonyl (C=O) groups is 2. The number of carbonyl (C=O) groups excluding carboxylic acids is 2. The van der Waals surface area contributed by atoms with Gasteiger partial charge in [0, 0.05) is 25.0 Å². The summed E-state index contributed by atoms with van der Waals surface area (Å²) in [6.45, 7) is 5.90. The van der Waals surface area contributed by atoms with Gasteiger partial charge in [-0.1, -0.05) is 79.1 Å². The van der Waals surface area contributed by atoms with E-state index in [4.69, 9.17) is 0 Å². The Labute approximate surface area is 236 Å². The molecule has 4 nitrogen and oxygen atoms in total. The molecule has 0 aromatic rings. The maximum atomic E-state index is 13.8. The maximum Gasteiger partial charge on any atom is 0.437 e. The highest BCUT2D eigenvalue weighted by molar-refractivity contribution is 5.92. The van der Waals surface area contributed by atoms with E-state index in [2.05, 4.69) is 9.47 Å². The molecular formula is C26H36F12O4. The lowest BCUT2D eigenvalue weighted by molar-refractivity contribution is -0.374. The molecule has 0 saturated heterocycles. The molecule has 0 rings (SSSR count). The Morgan fingerprint density at radius 2 is 0.810 bits per heavy atom. The largest absolute Gasteiger partial charge is 0.437 e. The van der Waals surface area contributed by atoms with Crippen LogP contribution >= 0.6 is 0 Å². The summed E-state index contributed by atoms with van der Waals surface area (Å²) in [7, 11) is 0. The van der Waals surface area contributed by atoms with Gasteiger partial charge in [0.25, 0.3) is 0 Å². The zero-order chi connectivity index (χ0) is 33.2. The van der Waals surface area contributed by atoms with Crippen molar-refractivity contribution in [3.63, 3.8) is 0 Å². The Hall–Kier alpha value is -2.16. The van der Waals surface area contributed by atoms with Crippen LogP contribution in [0.25, 0.3) is 0 Å². The predicted octanol–water partition coefficient (Wildman–Crippen LogP) is 9.57. The van der Waals surface area contributed by atoms with Crippen molar-refractivity contribution in [1.29, 1.82) is 0 Å². The van der Waals surface area contributed by atoms with Gasteiger partial charge in [-0.25, -0.2) is 9.59 Å². The molecular weight excluding hydrogens is 604 g/mol. The van der Waals surface area contributed by atoms with E-state index in [-0.39, 0.29) is 38.5 Å². The second-order valence-electron chi connectivity index (χ2n) is 10.1. The first-order valence-corrected chi connectivity index (χ1v) is 13.4. The molecule has 0 aromatic carbocycles. The molecule has 0 aliphatic heterocycles. The van der Waals surface area contributed by atoms with Crippen LogP contribution in [0, 0.1) is 11.8 Å². The van der Waals surface area contributed by atoms with Crippen molar-refractivity contribution < 1.29 is 71.7 Å². The van der Waals surface area contributed by atoms with Crippen LogP contribution in [0.1, 0.15) is 91.9 Å². The van der Waals surface area contributed by atoms with Crippen molar-refractivity contribution in [3.8, 4) is 0 Å². The van der Waals surface area contributed by atoms with E-state index in [9.17, 15) is 62.3 Å². The van der Waals surface area contributed by atoms with Crippen LogP contribution in [-0.2, 0) is 19.1 Å². The average molecular weight is 641 g/mol. The third kappa shape index (κ3) is 10.2. The van der Waals surface area contributed by atoms with E-state index in [1.54, 1.807) is 13.8 Å². The summed E-state index contributed by atoms with van der Waals surface area (Å²) in [5, 5.41) is 0. The normalized spacial score (nSPS) is 15.5. The molecule has 248 valence electrons. The molecule has 0 bridgehead atoms. The van der Waals surface area contributed by atoms with Crippen LogP contribution in [0.2, 0.25) is 0 Å². The Balaban J connectivity index is 6.37. The van der Waals surface area contributed by atoms with Gasteiger partial charge in [-0.15, -0.1) is 0 Å². The molecule has 0 spiro atoms. The smallest absolute Gasteiger partial charge is 0.436 e. The first-order valence-electron chi connectivity index (χ1n) is 13.4. The fourth-order valence-electron chi connectivity index (χ4n) is 4.35. The van der Waals surface area contributed by atoms with Crippen molar-refractivity contribution in [1.82, 2.24) is 0 Å². The zero-order valence-corrected chi connectivity index (χ0v) is 23.5. The summed E-state index contributed by atoms with van der Waals surface area (Å²) < 4.78 is 173. The lowest BCUT2D eigenvalue weighted by Crippen LogP contribution is -2.60. The summed E-state index contributed by atoms with van der Waals surface area (Å²) in [4.78, 5) is 24.2. The van der Waals surface area contributed by atoms with Gasteiger partial charge >= 0.3 is 47.8 Å². The molecule has 16 heteroatoms. The second kappa shape index (κ2) is 15.5. The van der Waals surface area contributed by atoms with Crippen molar-refractivity contribution in [3.05, 3.63) is 12.2 Å². The predicted molar refractivity (Wildman–Crippen MR) is 127 cm³/mol. The number of hydrogen-bond acceptors (Lipinski definition) is 4. The first-order chi connectivity index (χ1) is 19.0. The first kappa shape index (κ1) is 39.8. The molecule has 0 N–H and O–H groups in total. The monoisotopic (exact) mass is 640 g/mol. The number of halogens is 12. The van der Waals surface area contributed by atoms with E-state index >= 15 is 0 Å². The van der Waals surface area contributed by atoms with Gasteiger partial charge in [0.15, 0.2) is 0 Å². The highest BCUT2D eigenvalue weighted by Gasteiger charge is 2.75. The topological polar surface area (TPSA) is 52.6 Å². The molecule has 0 amide bonds. The van der Waals surface area contributed by atoms with E-state index in [0.29, 0.717) is 12.8 Å².